The third-order valence-corrected chi connectivity index (χ3v) is 5.33. The zero-order chi connectivity index (χ0) is 19.2. The van der Waals surface area contributed by atoms with Gasteiger partial charge in [-0.3, -0.25) is 0 Å². The van der Waals surface area contributed by atoms with Gasteiger partial charge < -0.3 is 20.0 Å². The Balaban J connectivity index is 1.53. The lowest BCUT2D eigenvalue weighted by Crippen LogP contribution is -2.52. The Hall–Kier alpha value is -2.24. The summed E-state index contributed by atoms with van der Waals surface area (Å²) in [5.74, 6) is 0. The van der Waals surface area contributed by atoms with E-state index >= 15 is 0 Å². The summed E-state index contributed by atoms with van der Waals surface area (Å²) in [6, 6.07) is 18.3. The molecule has 0 aliphatic carbocycles. The van der Waals surface area contributed by atoms with Crippen LogP contribution in [0.5, 0.6) is 0 Å². The number of nitrogens with one attached hydrogen (secondary N) is 1. The molecule has 1 heterocycles. The molecule has 2 aromatic rings. The van der Waals surface area contributed by atoms with Crippen LogP contribution in [-0.2, 0) is 0 Å². The van der Waals surface area contributed by atoms with Gasteiger partial charge in [0.15, 0.2) is 0 Å². The molecule has 27 heavy (non-hydrogen) atoms. The summed E-state index contributed by atoms with van der Waals surface area (Å²) in [5, 5.41) is 3.86. The average molecular weight is 387 g/mol. The molecule has 1 aliphatic heterocycles. The molecule has 2 aromatic carbocycles. The number of amides is 2. The van der Waals surface area contributed by atoms with E-state index in [2.05, 4.69) is 27.2 Å². The number of likely N-dealkylation sites (N-methyl/N-ethyl adjacent to an activating group) is 1. The van der Waals surface area contributed by atoms with Gasteiger partial charge in [-0.15, -0.1) is 0 Å². The summed E-state index contributed by atoms with van der Waals surface area (Å²) in [4.78, 5) is 18.9. The monoisotopic (exact) mass is 386 g/mol. The van der Waals surface area contributed by atoms with Gasteiger partial charge >= 0.3 is 6.03 Å². The number of hydrogen-bond acceptors (Lipinski definition) is 3. The zero-order valence-corrected chi connectivity index (χ0v) is 16.7. The number of hydrogen-bond donors (Lipinski definition) is 1. The summed E-state index contributed by atoms with van der Waals surface area (Å²) in [7, 11) is 4.07. The fourth-order valence-corrected chi connectivity index (χ4v) is 3.68. The number of piperazine rings is 1. The molecule has 6 heteroatoms. The van der Waals surface area contributed by atoms with Crippen LogP contribution in [0.3, 0.4) is 0 Å². The van der Waals surface area contributed by atoms with Crippen LogP contribution in [0.15, 0.2) is 54.6 Å². The highest BCUT2D eigenvalue weighted by Gasteiger charge is 2.23. The molecule has 0 radical (unpaired) electrons. The number of carbonyl (C=O) groups excluding carboxylic acids is 1. The second-order valence-corrected chi connectivity index (χ2v) is 7.41. The summed E-state index contributed by atoms with van der Waals surface area (Å²) < 4.78 is 0. The Morgan fingerprint density at radius 1 is 1.04 bits per heavy atom. The van der Waals surface area contributed by atoms with Crippen molar-refractivity contribution in [1.82, 2.24) is 15.1 Å². The van der Waals surface area contributed by atoms with Crippen LogP contribution in [0, 0.1) is 0 Å². The summed E-state index contributed by atoms with van der Waals surface area (Å²) >= 11 is 6.29. The molecule has 144 valence electrons. The molecule has 1 saturated heterocycles. The third kappa shape index (κ3) is 4.93. The Labute approximate surface area is 166 Å². The van der Waals surface area contributed by atoms with E-state index in [4.69, 9.17) is 11.6 Å². The molecule has 3 rings (SSSR count). The summed E-state index contributed by atoms with van der Waals surface area (Å²) in [6.07, 6.45) is 0. The second kappa shape index (κ2) is 9.11. The Kier molecular flexibility index (Phi) is 6.58. The molecule has 0 saturated carbocycles. The normalized spacial score (nSPS) is 15.7. The van der Waals surface area contributed by atoms with Crippen molar-refractivity contribution >= 4 is 23.3 Å². The molecule has 1 unspecified atom stereocenters. The molecule has 1 fully saturated rings. The zero-order valence-electron chi connectivity index (χ0n) is 15.9. The Morgan fingerprint density at radius 2 is 1.67 bits per heavy atom. The van der Waals surface area contributed by atoms with E-state index in [0.717, 1.165) is 23.8 Å². The molecule has 1 N–H and O–H groups in total. The van der Waals surface area contributed by atoms with Gasteiger partial charge in [-0.1, -0.05) is 54.1 Å². The van der Waals surface area contributed by atoms with Crippen LogP contribution in [0.1, 0.15) is 11.6 Å². The topological polar surface area (TPSA) is 38.8 Å². The van der Waals surface area contributed by atoms with Gasteiger partial charge in [-0.25, -0.2) is 4.79 Å². The van der Waals surface area contributed by atoms with Crippen molar-refractivity contribution in [2.24, 2.45) is 0 Å². The predicted octanol–water partition coefficient (Wildman–Crippen LogP) is 3.47. The summed E-state index contributed by atoms with van der Waals surface area (Å²) in [6.45, 7) is 3.53. The molecule has 2 amide bonds. The fraction of sp³-hybridized carbons (Fsp3) is 0.381. The number of nitrogens with zero attached hydrogens (tertiary/aromatic N) is 3. The number of urea groups is 1. The standard InChI is InChI=1S/C21H27ClN4O/c1-24(2)20(17-8-4-3-5-9-17)16-23-21(27)26-14-12-25(13-15-26)19-11-7-6-10-18(19)22/h3-11,20H,12-16H2,1-2H3,(H,23,27). The highest BCUT2D eigenvalue weighted by atomic mass is 35.5. The first-order valence-corrected chi connectivity index (χ1v) is 9.67. The van der Waals surface area contributed by atoms with E-state index in [0.29, 0.717) is 19.6 Å². The first-order valence-electron chi connectivity index (χ1n) is 9.30. The maximum atomic E-state index is 12.6. The number of benzene rings is 2. The molecular weight excluding hydrogens is 360 g/mol. The average Bonchev–Trinajstić information content (AvgIpc) is 2.69. The molecular formula is C21H27ClN4O. The van der Waals surface area contributed by atoms with Crippen LogP contribution < -0.4 is 10.2 Å². The lowest BCUT2D eigenvalue weighted by atomic mass is 10.1. The van der Waals surface area contributed by atoms with Crippen molar-refractivity contribution in [3.05, 3.63) is 65.2 Å². The smallest absolute Gasteiger partial charge is 0.317 e. The van der Waals surface area contributed by atoms with Gasteiger partial charge in [0.05, 0.1) is 16.8 Å². The maximum Gasteiger partial charge on any atom is 0.317 e. The first-order chi connectivity index (χ1) is 13.1. The highest BCUT2D eigenvalue weighted by Crippen LogP contribution is 2.26. The lowest BCUT2D eigenvalue weighted by molar-refractivity contribution is 0.189. The van der Waals surface area contributed by atoms with Crippen molar-refractivity contribution in [3.8, 4) is 0 Å². The van der Waals surface area contributed by atoms with E-state index in [1.807, 2.05) is 61.5 Å². The van der Waals surface area contributed by atoms with E-state index < -0.39 is 0 Å². The van der Waals surface area contributed by atoms with Crippen molar-refractivity contribution in [2.75, 3.05) is 51.7 Å². The Morgan fingerprint density at radius 3 is 2.30 bits per heavy atom. The second-order valence-electron chi connectivity index (χ2n) is 7.00. The summed E-state index contributed by atoms with van der Waals surface area (Å²) in [5.41, 5.74) is 2.24. The molecule has 1 aliphatic rings. The van der Waals surface area contributed by atoms with Crippen molar-refractivity contribution in [2.45, 2.75) is 6.04 Å². The van der Waals surface area contributed by atoms with E-state index in [-0.39, 0.29) is 12.1 Å². The van der Waals surface area contributed by atoms with Crippen LogP contribution in [0.4, 0.5) is 10.5 Å². The maximum absolute atomic E-state index is 12.6. The molecule has 5 nitrogen and oxygen atoms in total. The molecule has 0 aromatic heterocycles. The lowest BCUT2D eigenvalue weighted by Gasteiger charge is -2.36. The number of rotatable bonds is 5. The van der Waals surface area contributed by atoms with Gasteiger partial charge in [0.1, 0.15) is 0 Å². The quantitative estimate of drug-likeness (QED) is 0.855. The predicted molar refractivity (Wildman–Crippen MR) is 112 cm³/mol. The van der Waals surface area contributed by atoms with Crippen LogP contribution in [0.2, 0.25) is 5.02 Å². The van der Waals surface area contributed by atoms with Crippen molar-refractivity contribution in [3.63, 3.8) is 0 Å². The SMILES string of the molecule is CN(C)C(CNC(=O)N1CCN(c2ccccc2Cl)CC1)c1ccccc1. The van der Waals surface area contributed by atoms with Gasteiger partial charge in [0.25, 0.3) is 0 Å². The number of para-hydroxylation sites is 1. The van der Waals surface area contributed by atoms with Crippen LogP contribution in [-0.4, -0.2) is 62.7 Å². The molecule has 1 atom stereocenters. The van der Waals surface area contributed by atoms with E-state index in [1.54, 1.807) is 0 Å². The fourth-order valence-electron chi connectivity index (χ4n) is 3.43. The van der Waals surface area contributed by atoms with Gasteiger partial charge in [-0.2, -0.15) is 0 Å². The van der Waals surface area contributed by atoms with E-state index in [1.165, 1.54) is 5.56 Å². The van der Waals surface area contributed by atoms with Crippen molar-refractivity contribution < 1.29 is 4.79 Å². The minimum Gasteiger partial charge on any atom is -0.367 e. The number of anilines is 1. The minimum absolute atomic E-state index is 0.00316. The van der Waals surface area contributed by atoms with E-state index in [9.17, 15) is 4.79 Å². The molecule has 0 bridgehead atoms. The van der Waals surface area contributed by atoms with Gasteiger partial charge in [-0.05, 0) is 31.8 Å². The van der Waals surface area contributed by atoms with Crippen molar-refractivity contribution in [1.29, 1.82) is 0 Å². The number of carbonyl (C=O) groups is 1. The van der Waals surface area contributed by atoms with Crippen LogP contribution >= 0.6 is 11.6 Å². The van der Waals surface area contributed by atoms with Crippen LogP contribution in [0.25, 0.3) is 0 Å². The third-order valence-electron chi connectivity index (χ3n) is 5.01. The number of halogens is 1. The Bertz CT molecular complexity index is 745. The van der Waals surface area contributed by atoms with Gasteiger partial charge in [0.2, 0.25) is 0 Å². The minimum atomic E-state index is -0.00316. The largest absolute Gasteiger partial charge is 0.367 e. The molecule has 0 spiro atoms. The van der Waals surface area contributed by atoms with Gasteiger partial charge in [0, 0.05) is 32.7 Å². The first kappa shape index (κ1) is 19.5. The highest BCUT2D eigenvalue weighted by molar-refractivity contribution is 6.33.